The lowest BCUT2D eigenvalue weighted by molar-refractivity contribution is -0.135. The van der Waals surface area contributed by atoms with Crippen molar-refractivity contribution in [2.45, 2.75) is 83.8 Å². The van der Waals surface area contributed by atoms with E-state index in [4.69, 9.17) is 14.7 Å². The van der Waals surface area contributed by atoms with Crippen LogP contribution in [0.2, 0.25) is 0 Å². The van der Waals surface area contributed by atoms with E-state index in [1.165, 1.54) is 7.11 Å². The maximum Gasteiger partial charge on any atom is 0.407 e. The lowest BCUT2D eigenvalue weighted by atomic mass is 9.78. The number of benzene rings is 2. The summed E-state index contributed by atoms with van der Waals surface area (Å²) in [5, 5.41) is 6.12. The van der Waals surface area contributed by atoms with Crippen LogP contribution < -0.4 is 10.6 Å². The van der Waals surface area contributed by atoms with Crippen molar-refractivity contribution in [2.24, 2.45) is 29.6 Å². The third-order valence-electron chi connectivity index (χ3n) is 12.7. The van der Waals surface area contributed by atoms with Gasteiger partial charge in [-0.1, -0.05) is 82.3 Å². The molecule has 0 unspecified atom stereocenters. The van der Waals surface area contributed by atoms with Crippen molar-refractivity contribution in [1.29, 1.82) is 0 Å². The van der Waals surface area contributed by atoms with Gasteiger partial charge >= 0.3 is 6.09 Å². The largest absolute Gasteiger partial charge is 0.453 e. The van der Waals surface area contributed by atoms with E-state index in [2.05, 4.69) is 88.0 Å². The number of ether oxygens (including phenoxy) is 1. The summed E-state index contributed by atoms with van der Waals surface area (Å²) in [6, 6.07) is 19.9. The Labute approximate surface area is 340 Å². The van der Waals surface area contributed by atoms with E-state index in [1.54, 1.807) is 6.20 Å². The first kappa shape index (κ1) is 39.1. The predicted octanol–water partition coefficient (Wildman–Crippen LogP) is 8.22. The molecule has 7 atom stereocenters. The van der Waals surface area contributed by atoms with Crippen molar-refractivity contribution in [3.05, 3.63) is 103 Å². The average molecular weight is 783 g/mol. The number of alkyl carbamates (subject to hydrolysis) is 1. The number of pyridine rings is 1. The van der Waals surface area contributed by atoms with Crippen molar-refractivity contribution in [2.75, 3.05) is 13.7 Å². The molecule has 2 bridgehead atoms. The number of carbonyl (C=O) groups is 3. The SMILES string of the molecule is COC(=O)N[C@H](C(=O)N1CCC[C@H]1c1ncc(-c2ccc(-c3ccc(-c4cnc([C@@H]5[C@H]6CC[C@H](C6)[C@H]5C(=O)N[C@@H](c5cccnc5)C(C)C)[nH]4)cc3)cc2)[nH]1)C(C)C. The second kappa shape index (κ2) is 16.6. The molecule has 2 saturated carbocycles. The van der Waals surface area contributed by atoms with Crippen molar-refractivity contribution < 1.29 is 19.1 Å². The molecular weight excluding hydrogens is 729 g/mol. The number of carbonyl (C=O) groups excluding carboxylic acids is 3. The highest BCUT2D eigenvalue weighted by Gasteiger charge is 2.52. The molecule has 302 valence electrons. The van der Waals surface area contributed by atoms with Crippen LogP contribution in [0.25, 0.3) is 33.6 Å². The molecule has 1 aliphatic heterocycles. The van der Waals surface area contributed by atoms with Crippen LogP contribution >= 0.6 is 0 Å². The third-order valence-corrected chi connectivity index (χ3v) is 12.7. The van der Waals surface area contributed by atoms with Gasteiger partial charge in [-0.15, -0.1) is 0 Å². The smallest absolute Gasteiger partial charge is 0.407 e. The highest BCUT2D eigenvalue weighted by molar-refractivity contribution is 5.86. The van der Waals surface area contributed by atoms with Gasteiger partial charge in [0.05, 0.1) is 48.9 Å². The number of aromatic amines is 2. The van der Waals surface area contributed by atoms with E-state index in [0.29, 0.717) is 18.4 Å². The predicted molar refractivity (Wildman–Crippen MR) is 222 cm³/mol. The molecule has 0 spiro atoms. The molecule has 4 heterocycles. The molecule has 8 rings (SSSR count). The van der Waals surface area contributed by atoms with Gasteiger partial charge in [0, 0.05) is 24.9 Å². The Morgan fingerprint density at radius 3 is 1.98 bits per heavy atom. The van der Waals surface area contributed by atoms with Gasteiger partial charge in [0.15, 0.2) is 0 Å². The Hall–Kier alpha value is -5.78. The summed E-state index contributed by atoms with van der Waals surface area (Å²) in [7, 11) is 1.30. The van der Waals surface area contributed by atoms with Gasteiger partial charge in [0.25, 0.3) is 0 Å². The average Bonchev–Trinajstić information content (AvgIpc) is 4.10. The third kappa shape index (κ3) is 7.76. The van der Waals surface area contributed by atoms with E-state index in [-0.39, 0.29) is 47.6 Å². The summed E-state index contributed by atoms with van der Waals surface area (Å²) in [5.74, 6) is 2.59. The Kier molecular flexibility index (Phi) is 11.2. The van der Waals surface area contributed by atoms with Crippen LogP contribution in [0.4, 0.5) is 4.79 Å². The minimum atomic E-state index is -0.678. The normalized spacial score (nSPS) is 22.3. The number of methoxy groups -OCH3 is 1. The number of hydrogen-bond acceptors (Lipinski definition) is 7. The Morgan fingerprint density at radius 2 is 1.38 bits per heavy atom. The van der Waals surface area contributed by atoms with Crippen LogP contribution in [0.15, 0.2) is 85.5 Å². The van der Waals surface area contributed by atoms with E-state index in [0.717, 1.165) is 83.0 Å². The van der Waals surface area contributed by atoms with Crippen molar-refractivity contribution in [1.82, 2.24) is 40.5 Å². The first-order valence-electron chi connectivity index (χ1n) is 20.8. The number of imidazole rings is 2. The molecule has 12 heteroatoms. The lowest BCUT2D eigenvalue weighted by Gasteiger charge is -2.31. The second-order valence-corrected chi connectivity index (χ2v) is 17.0. The monoisotopic (exact) mass is 782 g/mol. The van der Waals surface area contributed by atoms with Crippen LogP contribution in [-0.4, -0.2) is 67.4 Å². The first-order chi connectivity index (χ1) is 28.1. The molecule has 3 aromatic heterocycles. The molecule has 2 aromatic carbocycles. The summed E-state index contributed by atoms with van der Waals surface area (Å²) in [4.78, 5) is 62.4. The van der Waals surface area contributed by atoms with Gasteiger partial charge in [0.1, 0.15) is 17.7 Å². The van der Waals surface area contributed by atoms with Gasteiger partial charge < -0.3 is 30.2 Å². The number of nitrogens with one attached hydrogen (secondary N) is 4. The zero-order valence-corrected chi connectivity index (χ0v) is 33.9. The van der Waals surface area contributed by atoms with E-state index < -0.39 is 12.1 Å². The molecule has 3 fully saturated rings. The zero-order chi connectivity index (χ0) is 40.5. The zero-order valence-electron chi connectivity index (χ0n) is 33.9. The number of H-pyrrole nitrogens is 2. The highest BCUT2D eigenvalue weighted by atomic mass is 16.5. The van der Waals surface area contributed by atoms with Crippen molar-refractivity contribution >= 4 is 17.9 Å². The Bertz CT molecular complexity index is 2210. The molecule has 58 heavy (non-hydrogen) atoms. The summed E-state index contributed by atoms with van der Waals surface area (Å²) < 4.78 is 4.77. The minimum absolute atomic E-state index is 0.0742. The highest BCUT2D eigenvalue weighted by Crippen LogP contribution is 2.56. The lowest BCUT2D eigenvalue weighted by Crippen LogP contribution is -2.51. The number of hydrogen-bond donors (Lipinski definition) is 4. The van der Waals surface area contributed by atoms with E-state index in [1.807, 2.05) is 49.5 Å². The summed E-state index contributed by atoms with van der Waals surface area (Å²) in [6.45, 7) is 8.71. The van der Waals surface area contributed by atoms with Gasteiger partial charge in [-0.05, 0) is 89.7 Å². The maximum absolute atomic E-state index is 14.0. The fourth-order valence-electron chi connectivity index (χ4n) is 9.69. The van der Waals surface area contributed by atoms with Gasteiger partial charge in [0.2, 0.25) is 11.8 Å². The molecule has 3 amide bonds. The molecule has 2 aliphatic carbocycles. The second-order valence-electron chi connectivity index (χ2n) is 17.0. The summed E-state index contributed by atoms with van der Waals surface area (Å²) in [6.07, 6.45) is 11.7. The van der Waals surface area contributed by atoms with Crippen LogP contribution in [-0.2, 0) is 14.3 Å². The molecule has 5 aromatic rings. The Balaban J connectivity index is 0.928. The number of likely N-dealkylation sites (tertiary alicyclic amines) is 1. The quantitative estimate of drug-likeness (QED) is 0.0993. The fraction of sp³-hybridized carbons (Fsp3) is 0.435. The molecule has 4 N–H and O–H groups in total. The number of fused-ring (bicyclic) bond motifs is 2. The van der Waals surface area contributed by atoms with E-state index >= 15 is 0 Å². The molecule has 0 radical (unpaired) electrons. The van der Waals surface area contributed by atoms with Crippen LogP contribution in [0.5, 0.6) is 0 Å². The molecule has 1 saturated heterocycles. The van der Waals surface area contributed by atoms with Crippen LogP contribution in [0, 0.1) is 29.6 Å². The van der Waals surface area contributed by atoms with Gasteiger partial charge in [-0.3, -0.25) is 14.6 Å². The van der Waals surface area contributed by atoms with E-state index in [9.17, 15) is 14.4 Å². The number of nitrogens with zero attached hydrogens (tertiary/aromatic N) is 4. The first-order valence-corrected chi connectivity index (χ1v) is 20.8. The fourth-order valence-corrected chi connectivity index (χ4v) is 9.69. The molecular formula is C46H54N8O4. The van der Waals surface area contributed by atoms with Crippen LogP contribution in [0.3, 0.4) is 0 Å². The van der Waals surface area contributed by atoms with Crippen LogP contribution in [0.1, 0.15) is 95.0 Å². The van der Waals surface area contributed by atoms with Gasteiger partial charge in [-0.25, -0.2) is 14.8 Å². The summed E-state index contributed by atoms with van der Waals surface area (Å²) in [5.41, 5.74) is 7.09. The number of amides is 3. The van der Waals surface area contributed by atoms with Crippen molar-refractivity contribution in [3.8, 4) is 33.6 Å². The standard InChI is InChI=1S/C46H54N8O4/c1-26(2)40(34-8-6-20-47-23-34)52-44(55)39-33-19-18-32(22-33)38(39)43-49-25-36(51-43)31-16-12-29(13-17-31)28-10-14-30(15-11-28)35-24-48-42(50-35)37-9-7-21-54(37)45(56)41(27(3)4)53-46(57)58-5/h6,8,10-17,20,23-27,32-33,37-41H,7,9,18-19,21-22H2,1-5H3,(H,48,50)(H,49,51)(H,52,55)(H,53,57)/t32-,33+,37-,38+,39+,40+,41-/m0/s1. The van der Waals surface area contributed by atoms with Crippen molar-refractivity contribution in [3.63, 3.8) is 0 Å². The topological polar surface area (TPSA) is 158 Å². The minimum Gasteiger partial charge on any atom is -0.453 e. The molecule has 3 aliphatic rings. The molecule has 12 nitrogen and oxygen atoms in total. The Morgan fingerprint density at radius 1 is 0.759 bits per heavy atom. The summed E-state index contributed by atoms with van der Waals surface area (Å²) >= 11 is 0. The number of aromatic nitrogens is 5. The van der Waals surface area contributed by atoms with Gasteiger partial charge in [-0.2, -0.15) is 0 Å². The maximum atomic E-state index is 14.0. The number of rotatable bonds is 12.